The van der Waals surface area contributed by atoms with E-state index in [4.69, 9.17) is 22.4 Å². The molecule has 2 aromatic rings. The van der Waals surface area contributed by atoms with Gasteiger partial charge < -0.3 is 15.5 Å². The van der Waals surface area contributed by atoms with Crippen molar-refractivity contribution in [3.8, 4) is 0 Å². The van der Waals surface area contributed by atoms with Crippen LogP contribution in [0.3, 0.4) is 0 Å². The molecule has 0 saturated heterocycles. The van der Waals surface area contributed by atoms with E-state index in [9.17, 15) is 9.18 Å². The molecule has 98 valence electrons. The van der Waals surface area contributed by atoms with E-state index in [2.05, 4.69) is 5.32 Å². The molecule has 0 radical (unpaired) electrons. The molecule has 1 heterocycles. The number of furan rings is 1. The Morgan fingerprint density at radius 2 is 2.11 bits per heavy atom. The second-order valence-corrected chi connectivity index (χ2v) is 4.36. The zero-order valence-corrected chi connectivity index (χ0v) is 10.9. The first-order valence-electron chi connectivity index (χ1n) is 5.44. The highest BCUT2D eigenvalue weighted by Gasteiger charge is 2.14. The molecule has 0 aliphatic rings. The predicted molar refractivity (Wildman–Crippen MR) is 73.7 cm³/mol. The normalized spacial score (nSPS) is 10.2. The van der Waals surface area contributed by atoms with Crippen LogP contribution in [0.25, 0.3) is 0 Å². The first-order valence-corrected chi connectivity index (χ1v) is 5.85. The number of aryl methyl sites for hydroxylation is 1. The fourth-order valence-electron chi connectivity index (χ4n) is 1.57. The van der Waals surface area contributed by atoms with Gasteiger partial charge in [0.2, 0.25) is 0 Å². The van der Waals surface area contributed by atoms with Gasteiger partial charge in [0.15, 0.2) is 5.76 Å². The Bertz CT molecular complexity index is 652. The van der Waals surface area contributed by atoms with Crippen molar-refractivity contribution in [1.29, 1.82) is 0 Å². The Hall–Kier alpha value is -2.21. The molecule has 0 saturated carbocycles. The lowest BCUT2D eigenvalue weighted by molar-refractivity contribution is 0.0995. The number of anilines is 1. The molecule has 0 bridgehead atoms. The van der Waals surface area contributed by atoms with Crippen molar-refractivity contribution in [3.05, 3.63) is 53.2 Å². The number of rotatable bonds is 3. The number of hydrogen-bond acceptors (Lipinski definition) is 3. The molecular formula is C13H11FN2O2S. The molecular weight excluding hydrogens is 267 g/mol. The summed E-state index contributed by atoms with van der Waals surface area (Å²) in [5, 5.41) is 2.58. The summed E-state index contributed by atoms with van der Waals surface area (Å²) in [6.07, 6.45) is 0. The maximum atomic E-state index is 13.1. The van der Waals surface area contributed by atoms with E-state index in [0.717, 1.165) is 0 Å². The lowest BCUT2D eigenvalue weighted by atomic mass is 10.1. The van der Waals surface area contributed by atoms with Gasteiger partial charge in [0.25, 0.3) is 5.91 Å². The van der Waals surface area contributed by atoms with E-state index in [0.29, 0.717) is 11.4 Å². The van der Waals surface area contributed by atoms with Crippen molar-refractivity contribution >= 4 is 28.8 Å². The first-order chi connectivity index (χ1) is 8.97. The van der Waals surface area contributed by atoms with Crippen LogP contribution in [0.2, 0.25) is 0 Å². The van der Waals surface area contributed by atoms with Crippen molar-refractivity contribution in [1.82, 2.24) is 0 Å². The summed E-state index contributed by atoms with van der Waals surface area (Å²) in [6.45, 7) is 1.73. The summed E-state index contributed by atoms with van der Waals surface area (Å²) >= 11 is 4.82. The summed E-state index contributed by atoms with van der Waals surface area (Å²) in [5.41, 5.74) is 6.10. The largest absolute Gasteiger partial charge is 0.456 e. The first kappa shape index (κ1) is 13.2. The molecule has 1 amide bonds. The van der Waals surface area contributed by atoms with Crippen molar-refractivity contribution in [3.63, 3.8) is 0 Å². The number of carbonyl (C=O) groups excluding carboxylic acids is 1. The molecule has 0 unspecified atom stereocenters. The number of carbonyl (C=O) groups is 1. The smallest absolute Gasteiger partial charge is 0.291 e. The quantitative estimate of drug-likeness (QED) is 0.847. The topological polar surface area (TPSA) is 68.3 Å². The highest BCUT2D eigenvalue weighted by molar-refractivity contribution is 7.80. The fourth-order valence-corrected chi connectivity index (χ4v) is 1.74. The van der Waals surface area contributed by atoms with E-state index in [-0.39, 0.29) is 16.3 Å². The van der Waals surface area contributed by atoms with Gasteiger partial charge in [-0.2, -0.15) is 0 Å². The Balaban J connectivity index is 2.28. The fraction of sp³-hybridized carbons (Fsp3) is 0.0769. The number of benzene rings is 1. The minimum Gasteiger partial charge on any atom is -0.456 e. The monoisotopic (exact) mass is 278 g/mol. The number of nitrogens with two attached hydrogens (primary N) is 1. The van der Waals surface area contributed by atoms with E-state index in [1.54, 1.807) is 19.1 Å². The molecule has 3 N–H and O–H groups in total. The van der Waals surface area contributed by atoms with E-state index in [1.807, 2.05) is 0 Å². The predicted octanol–water partition coefficient (Wildman–Crippen LogP) is 2.61. The van der Waals surface area contributed by atoms with Crippen LogP contribution in [0, 0.1) is 12.7 Å². The van der Waals surface area contributed by atoms with Gasteiger partial charge in [0.05, 0.1) is 5.69 Å². The molecule has 6 heteroatoms. The van der Waals surface area contributed by atoms with E-state index in [1.165, 1.54) is 18.2 Å². The second-order valence-electron chi connectivity index (χ2n) is 3.92. The SMILES string of the molecule is Cc1ccc(C(=O)Nc2ccc(F)cc2C(N)=S)o1. The summed E-state index contributed by atoms with van der Waals surface area (Å²) in [4.78, 5) is 11.9. The van der Waals surface area contributed by atoms with Gasteiger partial charge in [-0.3, -0.25) is 4.79 Å². The van der Waals surface area contributed by atoms with Crippen LogP contribution < -0.4 is 11.1 Å². The van der Waals surface area contributed by atoms with Crippen molar-refractivity contribution in [2.75, 3.05) is 5.32 Å². The van der Waals surface area contributed by atoms with Gasteiger partial charge >= 0.3 is 0 Å². The average molecular weight is 278 g/mol. The van der Waals surface area contributed by atoms with Gasteiger partial charge in [-0.1, -0.05) is 12.2 Å². The van der Waals surface area contributed by atoms with Crippen molar-refractivity contribution in [2.45, 2.75) is 6.92 Å². The maximum absolute atomic E-state index is 13.1. The van der Waals surface area contributed by atoms with Gasteiger partial charge in [0.1, 0.15) is 16.6 Å². The number of amides is 1. The third-order valence-corrected chi connectivity index (χ3v) is 2.68. The number of halogens is 1. The Labute approximate surface area is 114 Å². The van der Waals surface area contributed by atoms with Crippen LogP contribution in [0.4, 0.5) is 10.1 Å². The molecule has 0 atom stereocenters. The van der Waals surface area contributed by atoms with Crippen LogP contribution in [0.5, 0.6) is 0 Å². The summed E-state index contributed by atoms with van der Waals surface area (Å²) in [6, 6.07) is 7.01. The van der Waals surface area contributed by atoms with E-state index >= 15 is 0 Å². The number of hydrogen-bond donors (Lipinski definition) is 2. The number of thiocarbonyl (C=S) groups is 1. The van der Waals surface area contributed by atoms with Crippen molar-refractivity contribution in [2.24, 2.45) is 5.73 Å². The average Bonchev–Trinajstić information content (AvgIpc) is 2.78. The Kier molecular flexibility index (Phi) is 3.62. The third kappa shape index (κ3) is 2.97. The Morgan fingerprint density at radius 3 is 2.68 bits per heavy atom. The minimum absolute atomic E-state index is 0.00502. The minimum atomic E-state index is -0.477. The summed E-state index contributed by atoms with van der Waals surface area (Å²) in [5.74, 6) is -0.138. The highest BCUT2D eigenvalue weighted by atomic mass is 32.1. The Morgan fingerprint density at radius 1 is 1.37 bits per heavy atom. The number of nitrogens with one attached hydrogen (secondary N) is 1. The van der Waals surface area contributed by atoms with Gasteiger partial charge in [-0.25, -0.2) is 4.39 Å². The zero-order chi connectivity index (χ0) is 14.0. The van der Waals surface area contributed by atoms with Crippen LogP contribution in [-0.2, 0) is 0 Å². The molecule has 1 aromatic carbocycles. The molecule has 0 aliphatic heterocycles. The zero-order valence-electron chi connectivity index (χ0n) is 10.1. The van der Waals surface area contributed by atoms with Crippen LogP contribution in [0.1, 0.15) is 21.9 Å². The van der Waals surface area contributed by atoms with Crippen molar-refractivity contribution < 1.29 is 13.6 Å². The van der Waals surface area contributed by atoms with Gasteiger partial charge in [-0.15, -0.1) is 0 Å². The second kappa shape index (κ2) is 5.19. The maximum Gasteiger partial charge on any atom is 0.291 e. The standard InChI is InChI=1S/C13H11FN2O2S/c1-7-2-5-11(18-7)13(17)16-10-4-3-8(14)6-9(10)12(15)19/h2-6H,1H3,(H2,15,19)(H,16,17). The lowest BCUT2D eigenvalue weighted by Crippen LogP contribution is -2.17. The molecule has 0 fully saturated rings. The molecule has 19 heavy (non-hydrogen) atoms. The highest BCUT2D eigenvalue weighted by Crippen LogP contribution is 2.18. The molecule has 2 rings (SSSR count). The lowest BCUT2D eigenvalue weighted by Gasteiger charge is -2.09. The molecule has 0 aliphatic carbocycles. The summed E-state index contributed by atoms with van der Waals surface area (Å²) in [7, 11) is 0. The summed E-state index contributed by atoms with van der Waals surface area (Å²) < 4.78 is 18.3. The molecule has 1 aromatic heterocycles. The van der Waals surface area contributed by atoms with Crippen LogP contribution in [-0.4, -0.2) is 10.9 Å². The van der Waals surface area contributed by atoms with Gasteiger partial charge in [-0.05, 0) is 37.3 Å². The van der Waals surface area contributed by atoms with Crippen LogP contribution >= 0.6 is 12.2 Å². The van der Waals surface area contributed by atoms with Crippen LogP contribution in [0.15, 0.2) is 34.7 Å². The molecule has 0 spiro atoms. The van der Waals surface area contributed by atoms with Gasteiger partial charge in [0, 0.05) is 5.56 Å². The van der Waals surface area contributed by atoms with E-state index < -0.39 is 11.7 Å². The molecule has 4 nitrogen and oxygen atoms in total. The third-order valence-electron chi connectivity index (χ3n) is 2.46.